The second-order valence-corrected chi connectivity index (χ2v) is 4.77. The molecule has 0 bridgehead atoms. The van der Waals surface area contributed by atoms with Crippen LogP contribution in [0.15, 0.2) is 28.8 Å². The van der Waals surface area contributed by atoms with E-state index in [-0.39, 0.29) is 13.1 Å². The van der Waals surface area contributed by atoms with Crippen molar-refractivity contribution in [3.63, 3.8) is 0 Å². The molecule has 0 aliphatic carbocycles. The van der Waals surface area contributed by atoms with E-state index in [1.54, 1.807) is 6.07 Å². The van der Waals surface area contributed by atoms with Gasteiger partial charge in [0, 0.05) is 17.3 Å². The standard InChI is InChI=1S/C15H16N2O4/c1-10-7-12(14-8-11(2)16-21-14)3-4-13(10)17(5-6-18)9-15(19)20/h3-4,6-8H,5,9H2,1-2H3,(H,19,20). The minimum absolute atomic E-state index is 0.0356. The number of anilines is 1. The third-order valence-corrected chi connectivity index (χ3v) is 3.07. The first-order valence-electron chi connectivity index (χ1n) is 6.46. The van der Waals surface area contributed by atoms with Gasteiger partial charge in [-0.05, 0) is 37.6 Å². The molecule has 0 unspecified atom stereocenters. The van der Waals surface area contributed by atoms with E-state index in [4.69, 9.17) is 9.63 Å². The van der Waals surface area contributed by atoms with Gasteiger partial charge >= 0.3 is 5.97 Å². The number of aliphatic carboxylic acids is 1. The first kappa shape index (κ1) is 14.8. The van der Waals surface area contributed by atoms with Gasteiger partial charge < -0.3 is 19.3 Å². The summed E-state index contributed by atoms with van der Waals surface area (Å²) < 4.78 is 5.20. The Morgan fingerprint density at radius 2 is 2.14 bits per heavy atom. The maximum absolute atomic E-state index is 10.9. The third kappa shape index (κ3) is 3.47. The van der Waals surface area contributed by atoms with Gasteiger partial charge in [-0.15, -0.1) is 0 Å². The smallest absolute Gasteiger partial charge is 0.323 e. The summed E-state index contributed by atoms with van der Waals surface area (Å²) in [6.45, 7) is 3.52. The maximum Gasteiger partial charge on any atom is 0.323 e. The molecule has 0 aliphatic heterocycles. The van der Waals surface area contributed by atoms with E-state index >= 15 is 0 Å². The van der Waals surface area contributed by atoms with Crippen LogP contribution in [0.4, 0.5) is 5.69 Å². The zero-order chi connectivity index (χ0) is 15.4. The number of carbonyl (C=O) groups excluding carboxylic acids is 1. The minimum Gasteiger partial charge on any atom is -0.480 e. The zero-order valence-corrected chi connectivity index (χ0v) is 11.9. The van der Waals surface area contributed by atoms with Crippen LogP contribution < -0.4 is 4.90 Å². The Balaban J connectivity index is 2.33. The summed E-state index contributed by atoms with van der Waals surface area (Å²) in [7, 11) is 0. The van der Waals surface area contributed by atoms with Crippen LogP contribution in [0, 0.1) is 13.8 Å². The van der Waals surface area contributed by atoms with Gasteiger partial charge in [0.2, 0.25) is 0 Å². The molecule has 2 aromatic rings. The largest absolute Gasteiger partial charge is 0.480 e. The summed E-state index contributed by atoms with van der Waals surface area (Å²) >= 11 is 0. The molecule has 21 heavy (non-hydrogen) atoms. The highest BCUT2D eigenvalue weighted by molar-refractivity contribution is 5.77. The number of nitrogens with zero attached hydrogens (tertiary/aromatic N) is 2. The van der Waals surface area contributed by atoms with Gasteiger partial charge in [0.1, 0.15) is 12.8 Å². The van der Waals surface area contributed by atoms with Crippen molar-refractivity contribution in [3.8, 4) is 11.3 Å². The predicted octanol–water partition coefficient (Wildman–Crippen LogP) is 2.05. The number of benzene rings is 1. The molecule has 0 saturated heterocycles. The Bertz CT molecular complexity index is 663. The molecule has 1 N–H and O–H groups in total. The topological polar surface area (TPSA) is 83.6 Å². The summed E-state index contributed by atoms with van der Waals surface area (Å²) in [6.07, 6.45) is 0.691. The molecule has 110 valence electrons. The van der Waals surface area contributed by atoms with Crippen molar-refractivity contribution in [1.29, 1.82) is 0 Å². The second kappa shape index (κ2) is 6.21. The van der Waals surface area contributed by atoms with Gasteiger partial charge in [0.25, 0.3) is 0 Å². The van der Waals surface area contributed by atoms with Crippen molar-refractivity contribution in [1.82, 2.24) is 5.16 Å². The fourth-order valence-electron chi connectivity index (χ4n) is 2.16. The molecule has 0 aliphatic rings. The first-order valence-corrected chi connectivity index (χ1v) is 6.46. The SMILES string of the molecule is Cc1cc(-c2ccc(N(CC=O)CC(=O)O)c(C)c2)on1. The average Bonchev–Trinajstić information content (AvgIpc) is 2.84. The molecule has 6 nitrogen and oxygen atoms in total. The monoisotopic (exact) mass is 288 g/mol. The van der Waals surface area contributed by atoms with Gasteiger partial charge in [-0.1, -0.05) is 5.16 Å². The molecule has 6 heteroatoms. The summed E-state index contributed by atoms with van der Waals surface area (Å²) in [5, 5.41) is 12.8. The normalized spacial score (nSPS) is 10.4. The van der Waals surface area contributed by atoms with Crippen molar-refractivity contribution in [2.45, 2.75) is 13.8 Å². The van der Waals surface area contributed by atoms with Gasteiger partial charge in [-0.2, -0.15) is 0 Å². The lowest BCUT2D eigenvalue weighted by atomic mass is 10.1. The lowest BCUT2D eigenvalue weighted by Gasteiger charge is -2.22. The number of carboxylic acid groups (broad SMARTS) is 1. The van der Waals surface area contributed by atoms with Crippen molar-refractivity contribution >= 4 is 17.9 Å². The van der Waals surface area contributed by atoms with E-state index in [1.165, 1.54) is 4.90 Å². The maximum atomic E-state index is 10.9. The highest BCUT2D eigenvalue weighted by atomic mass is 16.5. The molecule has 0 radical (unpaired) electrons. The highest BCUT2D eigenvalue weighted by Gasteiger charge is 2.14. The quantitative estimate of drug-likeness (QED) is 0.819. The number of aryl methyl sites for hydroxylation is 2. The summed E-state index contributed by atoms with van der Waals surface area (Å²) in [6, 6.07) is 7.32. The zero-order valence-electron chi connectivity index (χ0n) is 11.9. The molecule has 1 heterocycles. The van der Waals surface area contributed by atoms with Crippen molar-refractivity contribution in [2.24, 2.45) is 0 Å². The van der Waals surface area contributed by atoms with Crippen LogP contribution in [0.25, 0.3) is 11.3 Å². The van der Waals surface area contributed by atoms with Gasteiger partial charge in [-0.25, -0.2) is 0 Å². The Morgan fingerprint density at radius 1 is 1.38 bits per heavy atom. The molecular weight excluding hydrogens is 272 g/mol. The van der Waals surface area contributed by atoms with Crippen LogP contribution in [-0.2, 0) is 9.59 Å². The van der Waals surface area contributed by atoms with Crippen molar-refractivity contribution in [3.05, 3.63) is 35.5 Å². The highest BCUT2D eigenvalue weighted by Crippen LogP contribution is 2.27. The lowest BCUT2D eigenvalue weighted by molar-refractivity contribution is -0.135. The van der Waals surface area contributed by atoms with Crippen LogP contribution in [0.3, 0.4) is 0 Å². The molecule has 0 atom stereocenters. The lowest BCUT2D eigenvalue weighted by Crippen LogP contribution is -2.31. The fourth-order valence-corrected chi connectivity index (χ4v) is 2.16. The van der Waals surface area contributed by atoms with E-state index in [9.17, 15) is 9.59 Å². The number of hydrogen-bond acceptors (Lipinski definition) is 5. The van der Waals surface area contributed by atoms with Gasteiger partial charge in [0.15, 0.2) is 5.76 Å². The van der Waals surface area contributed by atoms with Gasteiger partial charge in [0.05, 0.1) is 12.2 Å². The number of carboxylic acids is 1. The van der Waals surface area contributed by atoms with Crippen LogP contribution in [0.1, 0.15) is 11.3 Å². The fraction of sp³-hybridized carbons (Fsp3) is 0.267. The predicted molar refractivity (Wildman–Crippen MR) is 77.3 cm³/mol. The van der Waals surface area contributed by atoms with E-state index < -0.39 is 5.97 Å². The van der Waals surface area contributed by atoms with Crippen LogP contribution in [0.2, 0.25) is 0 Å². The molecule has 1 aromatic heterocycles. The summed E-state index contributed by atoms with van der Waals surface area (Å²) in [5.74, 6) is -0.325. The number of carbonyl (C=O) groups is 2. The van der Waals surface area contributed by atoms with E-state index in [0.29, 0.717) is 17.7 Å². The number of hydrogen-bond donors (Lipinski definition) is 1. The van der Waals surface area contributed by atoms with Crippen molar-refractivity contribution in [2.75, 3.05) is 18.0 Å². The molecular formula is C15H16N2O4. The van der Waals surface area contributed by atoms with Crippen LogP contribution >= 0.6 is 0 Å². The molecule has 1 aromatic carbocycles. The third-order valence-electron chi connectivity index (χ3n) is 3.07. The number of rotatable bonds is 6. The van der Waals surface area contributed by atoms with E-state index in [0.717, 1.165) is 16.8 Å². The Hall–Kier alpha value is -2.63. The Morgan fingerprint density at radius 3 is 2.67 bits per heavy atom. The van der Waals surface area contributed by atoms with Gasteiger partial charge in [-0.3, -0.25) is 4.79 Å². The number of aromatic nitrogens is 1. The molecule has 0 fully saturated rings. The van der Waals surface area contributed by atoms with Crippen LogP contribution in [0.5, 0.6) is 0 Å². The van der Waals surface area contributed by atoms with Crippen molar-refractivity contribution < 1.29 is 19.2 Å². The molecule has 0 spiro atoms. The second-order valence-electron chi connectivity index (χ2n) is 4.77. The summed E-state index contributed by atoms with van der Waals surface area (Å²) in [5.41, 5.74) is 3.23. The number of aldehydes is 1. The Kier molecular flexibility index (Phi) is 4.37. The molecule has 2 rings (SSSR count). The van der Waals surface area contributed by atoms with Crippen LogP contribution in [-0.4, -0.2) is 35.6 Å². The van der Waals surface area contributed by atoms with E-state index in [1.807, 2.05) is 32.0 Å². The molecule has 0 saturated carbocycles. The summed E-state index contributed by atoms with van der Waals surface area (Å²) in [4.78, 5) is 23.1. The average molecular weight is 288 g/mol. The molecule has 0 amide bonds. The minimum atomic E-state index is -0.980. The first-order chi connectivity index (χ1) is 10.0. The Labute approximate surface area is 122 Å². The van der Waals surface area contributed by atoms with E-state index in [2.05, 4.69) is 5.16 Å².